The molecule has 0 radical (unpaired) electrons. The standard InChI is InChI=1S/C31H33N5O4/c1-31(12-3-13-31)30(40)34-14-10-21(11-15-34)35-18-19(17-32-35)16-20-6-7-24-27-22(20)4-2-5-23(27)29(39)36(24)25-8-9-26(37)33-28(25)38/h2,4-7,17-18,21,25H,3,8-16H2,1H3,(H,33,37,38). The largest absolute Gasteiger partial charge is 0.342 e. The molecule has 3 aromatic rings. The van der Waals surface area contributed by atoms with E-state index >= 15 is 0 Å². The van der Waals surface area contributed by atoms with Crippen molar-refractivity contribution in [2.24, 2.45) is 5.41 Å². The van der Waals surface area contributed by atoms with E-state index < -0.39 is 11.9 Å². The zero-order valence-electron chi connectivity index (χ0n) is 22.7. The molecule has 2 saturated heterocycles. The van der Waals surface area contributed by atoms with Crippen LogP contribution in [-0.2, 0) is 20.8 Å². The summed E-state index contributed by atoms with van der Waals surface area (Å²) >= 11 is 0. The Hall–Kier alpha value is -4.01. The number of aromatic nitrogens is 2. The Labute approximate surface area is 232 Å². The first kappa shape index (κ1) is 25.0. The fourth-order valence-corrected chi connectivity index (χ4v) is 6.98. The van der Waals surface area contributed by atoms with Crippen LogP contribution < -0.4 is 10.2 Å². The molecule has 0 bridgehead atoms. The van der Waals surface area contributed by atoms with Crippen LogP contribution in [0.1, 0.15) is 79.4 Å². The molecule has 4 aliphatic rings. The van der Waals surface area contributed by atoms with Crippen LogP contribution in [0.3, 0.4) is 0 Å². The summed E-state index contributed by atoms with van der Waals surface area (Å²) in [6.07, 6.45) is 10.2. The van der Waals surface area contributed by atoms with Crippen LogP contribution in [0.4, 0.5) is 5.69 Å². The summed E-state index contributed by atoms with van der Waals surface area (Å²) in [6, 6.07) is 9.27. The van der Waals surface area contributed by atoms with Gasteiger partial charge in [0.1, 0.15) is 6.04 Å². The maximum atomic E-state index is 13.4. The van der Waals surface area contributed by atoms with E-state index in [1.165, 1.54) is 0 Å². The van der Waals surface area contributed by atoms with Gasteiger partial charge in [-0.25, -0.2) is 0 Å². The first-order valence-electron chi connectivity index (χ1n) is 14.4. The second kappa shape index (κ2) is 9.28. The van der Waals surface area contributed by atoms with E-state index in [-0.39, 0.29) is 29.7 Å². The summed E-state index contributed by atoms with van der Waals surface area (Å²) in [6.45, 7) is 3.66. The van der Waals surface area contributed by atoms with Crippen LogP contribution in [0.25, 0.3) is 10.8 Å². The number of hydrogen-bond acceptors (Lipinski definition) is 5. The summed E-state index contributed by atoms with van der Waals surface area (Å²) in [5, 5.41) is 8.92. The third kappa shape index (κ3) is 3.93. The molecule has 1 N–H and O–H groups in total. The molecular weight excluding hydrogens is 506 g/mol. The SMILES string of the molecule is CC1(C(=O)N2CCC(n3cc(Cc4ccc5c6c(cccc46)C(=O)N5C4CCC(=O)NC4=O)cn3)CC2)CCC1. The van der Waals surface area contributed by atoms with E-state index in [4.69, 9.17) is 0 Å². The van der Waals surface area contributed by atoms with Crippen molar-refractivity contribution < 1.29 is 19.2 Å². The van der Waals surface area contributed by atoms with Gasteiger partial charge in [0.25, 0.3) is 5.91 Å². The van der Waals surface area contributed by atoms with Gasteiger partial charge in [-0.2, -0.15) is 5.10 Å². The number of nitrogens with one attached hydrogen (secondary N) is 1. The number of carbonyl (C=O) groups is 4. The number of benzene rings is 2. The maximum Gasteiger partial charge on any atom is 0.259 e. The Kier molecular flexibility index (Phi) is 5.80. The van der Waals surface area contributed by atoms with Crippen molar-refractivity contribution in [3.05, 3.63) is 59.4 Å². The molecule has 206 valence electrons. The highest BCUT2D eigenvalue weighted by Crippen LogP contribution is 2.43. The first-order valence-corrected chi connectivity index (χ1v) is 14.4. The predicted molar refractivity (Wildman–Crippen MR) is 149 cm³/mol. The quantitative estimate of drug-likeness (QED) is 0.498. The van der Waals surface area contributed by atoms with Crippen LogP contribution in [0.2, 0.25) is 0 Å². The van der Waals surface area contributed by atoms with Gasteiger partial charge in [0.2, 0.25) is 17.7 Å². The van der Waals surface area contributed by atoms with E-state index in [0.717, 1.165) is 72.8 Å². The predicted octanol–water partition coefficient (Wildman–Crippen LogP) is 3.75. The molecule has 1 saturated carbocycles. The van der Waals surface area contributed by atoms with Gasteiger partial charge in [-0.3, -0.25) is 34.1 Å². The minimum absolute atomic E-state index is 0.144. The fraction of sp³-hybridized carbons (Fsp3) is 0.452. The molecule has 9 heteroatoms. The molecule has 9 nitrogen and oxygen atoms in total. The highest BCUT2D eigenvalue weighted by molar-refractivity contribution is 6.27. The van der Waals surface area contributed by atoms with Gasteiger partial charge in [-0.15, -0.1) is 0 Å². The van der Waals surface area contributed by atoms with Crippen molar-refractivity contribution in [3.8, 4) is 0 Å². The van der Waals surface area contributed by atoms with Gasteiger partial charge in [0.15, 0.2) is 0 Å². The number of carbonyl (C=O) groups excluding carboxylic acids is 4. The normalized spacial score (nSPS) is 22.5. The second-order valence-electron chi connectivity index (χ2n) is 12.1. The minimum Gasteiger partial charge on any atom is -0.342 e. The summed E-state index contributed by atoms with van der Waals surface area (Å²) in [5.74, 6) is -0.598. The molecule has 4 amide bonds. The van der Waals surface area contributed by atoms with E-state index in [1.54, 1.807) is 4.90 Å². The van der Waals surface area contributed by atoms with Crippen molar-refractivity contribution >= 4 is 40.1 Å². The maximum absolute atomic E-state index is 13.4. The number of likely N-dealkylation sites (tertiary alicyclic amines) is 1. The van der Waals surface area contributed by atoms with Crippen LogP contribution in [-0.4, -0.2) is 57.4 Å². The van der Waals surface area contributed by atoms with Gasteiger partial charge in [0.05, 0.1) is 17.9 Å². The Morgan fingerprint density at radius 1 is 1.07 bits per heavy atom. The van der Waals surface area contributed by atoms with Gasteiger partial charge < -0.3 is 4.90 Å². The Bertz CT molecular complexity index is 1560. The highest BCUT2D eigenvalue weighted by Gasteiger charge is 2.43. The van der Waals surface area contributed by atoms with Crippen molar-refractivity contribution in [1.82, 2.24) is 20.0 Å². The molecular formula is C31H33N5O4. The van der Waals surface area contributed by atoms with E-state index in [0.29, 0.717) is 24.3 Å². The van der Waals surface area contributed by atoms with Gasteiger partial charge >= 0.3 is 0 Å². The number of anilines is 1. The zero-order chi connectivity index (χ0) is 27.6. The van der Waals surface area contributed by atoms with Crippen molar-refractivity contribution in [1.29, 1.82) is 0 Å². The number of amides is 4. The zero-order valence-corrected chi connectivity index (χ0v) is 22.7. The molecule has 4 heterocycles. The molecule has 7 rings (SSSR count). The Morgan fingerprint density at radius 3 is 2.60 bits per heavy atom. The van der Waals surface area contributed by atoms with Gasteiger partial charge in [-0.05, 0) is 60.7 Å². The molecule has 3 fully saturated rings. The topological polar surface area (TPSA) is 105 Å². The van der Waals surface area contributed by atoms with Crippen LogP contribution in [0.5, 0.6) is 0 Å². The van der Waals surface area contributed by atoms with Gasteiger partial charge in [0, 0.05) is 48.5 Å². The van der Waals surface area contributed by atoms with E-state index in [1.807, 2.05) is 41.4 Å². The van der Waals surface area contributed by atoms with Crippen molar-refractivity contribution in [2.45, 2.75) is 70.4 Å². The molecule has 40 heavy (non-hydrogen) atoms. The number of rotatable bonds is 5. The number of piperidine rings is 2. The molecule has 0 spiro atoms. The fourth-order valence-electron chi connectivity index (χ4n) is 6.98. The Balaban J connectivity index is 1.09. The summed E-state index contributed by atoms with van der Waals surface area (Å²) in [7, 11) is 0. The summed E-state index contributed by atoms with van der Waals surface area (Å²) < 4.78 is 2.05. The van der Waals surface area contributed by atoms with Crippen LogP contribution in [0, 0.1) is 5.41 Å². The molecule has 3 aliphatic heterocycles. The summed E-state index contributed by atoms with van der Waals surface area (Å²) in [5.41, 5.74) is 3.35. The molecule has 2 aromatic carbocycles. The average Bonchev–Trinajstić information content (AvgIpc) is 3.52. The lowest BCUT2D eigenvalue weighted by atomic mass is 9.69. The Morgan fingerprint density at radius 2 is 1.88 bits per heavy atom. The number of nitrogens with zero attached hydrogens (tertiary/aromatic N) is 4. The number of imide groups is 1. The monoisotopic (exact) mass is 539 g/mol. The highest BCUT2D eigenvalue weighted by atomic mass is 16.2. The lowest BCUT2D eigenvalue weighted by Crippen LogP contribution is -2.53. The smallest absolute Gasteiger partial charge is 0.259 e. The second-order valence-corrected chi connectivity index (χ2v) is 12.1. The average molecular weight is 540 g/mol. The first-order chi connectivity index (χ1) is 19.3. The lowest BCUT2D eigenvalue weighted by Gasteiger charge is -2.43. The molecule has 1 unspecified atom stereocenters. The van der Waals surface area contributed by atoms with Crippen LogP contribution >= 0.6 is 0 Å². The van der Waals surface area contributed by atoms with Gasteiger partial charge in [-0.1, -0.05) is 31.5 Å². The molecule has 1 atom stereocenters. The van der Waals surface area contributed by atoms with Crippen molar-refractivity contribution in [3.63, 3.8) is 0 Å². The molecule has 1 aliphatic carbocycles. The van der Waals surface area contributed by atoms with Crippen molar-refractivity contribution in [2.75, 3.05) is 18.0 Å². The summed E-state index contributed by atoms with van der Waals surface area (Å²) in [4.78, 5) is 54.2. The third-order valence-corrected chi connectivity index (χ3v) is 9.49. The van der Waals surface area contributed by atoms with E-state index in [2.05, 4.69) is 28.2 Å². The molecule has 1 aromatic heterocycles. The van der Waals surface area contributed by atoms with E-state index in [9.17, 15) is 19.2 Å². The minimum atomic E-state index is -0.692. The lowest BCUT2D eigenvalue weighted by molar-refractivity contribution is -0.147. The third-order valence-electron chi connectivity index (χ3n) is 9.49. The number of hydrogen-bond donors (Lipinski definition) is 1. The van der Waals surface area contributed by atoms with Crippen LogP contribution in [0.15, 0.2) is 42.7 Å².